The van der Waals surface area contributed by atoms with E-state index in [-0.39, 0.29) is 0 Å². The van der Waals surface area contributed by atoms with Gasteiger partial charge in [0.25, 0.3) is 0 Å². The van der Waals surface area contributed by atoms with Crippen molar-refractivity contribution in [3.8, 4) is 95.2 Å². The monoisotopic (exact) mass is 1360 g/mol. The largest absolute Gasteiger partial charge is 0.309 e. The molecule has 0 spiro atoms. The van der Waals surface area contributed by atoms with E-state index in [0.717, 1.165) is 28.4 Å². The third-order valence-corrected chi connectivity index (χ3v) is 22.5. The SMILES string of the molecule is c1ccc(-c2ccc(-n3c4ccccc4c4cc(-c5ccc6c(c5)c5ccccc5n6-c5ccc(-c6ccc(-c7ccc8c9cc(-c%10ccc%11c(c%10)c%10cc(-c%12ccc%13c(c%12)c%12ccccc%12n%13-c%12ccccc%12)ccc%10n%11-c%10ccccc%10)ccc9n(-c9ccccc9)c8c7)cc6)cc5)ccc43)cc2)cc1. The van der Waals surface area contributed by atoms with Crippen LogP contribution >= 0.6 is 0 Å². The minimum atomic E-state index is 1.13. The first-order chi connectivity index (χ1) is 53.0. The molecule has 0 saturated carbocycles. The Morgan fingerprint density at radius 3 is 0.607 bits per heavy atom. The van der Waals surface area contributed by atoms with Crippen molar-refractivity contribution in [1.82, 2.24) is 22.8 Å². The molecule has 17 aromatic carbocycles. The fraction of sp³-hybridized carbons (Fsp3) is 0. The van der Waals surface area contributed by atoms with Crippen molar-refractivity contribution in [2.75, 3.05) is 0 Å². The van der Waals surface area contributed by atoms with E-state index in [0.29, 0.717) is 0 Å². The fourth-order valence-corrected chi connectivity index (χ4v) is 17.4. The van der Waals surface area contributed by atoms with Crippen LogP contribution in [0.5, 0.6) is 0 Å². The van der Waals surface area contributed by atoms with Crippen LogP contribution in [0.2, 0.25) is 0 Å². The van der Waals surface area contributed by atoms with Gasteiger partial charge in [0.1, 0.15) is 0 Å². The minimum absolute atomic E-state index is 1.13. The van der Waals surface area contributed by atoms with Crippen LogP contribution < -0.4 is 0 Å². The Morgan fingerprint density at radius 2 is 0.290 bits per heavy atom. The van der Waals surface area contributed by atoms with Crippen molar-refractivity contribution >= 4 is 109 Å². The lowest BCUT2D eigenvalue weighted by molar-refractivity contribution is 1.18. The smallest absolute Gasteiger partial charge is 0.0547 e. The molecule has 5 nitrogen and oxygen atoms in total. The molecule has 0 fully saturated rings. The first-order valence-electron chi connectivity index (χ1n) is 36.9. The number of benzene rings is 17. The maximum absolute atomic E-state index is 2.44. The van der Waals surface area contributed by atoms with Crippen LogP contribution in [-0.2, 0) is 0 Å². The molecule has 0 aliphatic carbocycles. The summed E-state index contributed by atoms with van der Waals surface area (Å²) >= 11 is 0. The zero-order valence-electron chi connectivity index (χ0n) is 58.3. The van der Waals surface area contributed by atoms with E-state index < -0.39 is 0 Å². The molecule has 0 saturated heterocycles. The number of aromatic nitrogens is 5. The first-order valence-corrected chi connectivity index (χ1v) is 36.9. The number of hydrogen-bond acceptors (Lipinski definition) is 0. The molecule has 0 unspecified atom stereocenters. The summed E-state index contributed by atoms with van der Waals surface area (Å²) in [6, 6.07) is 146. The van der Waals surface area contributed by atoms with Crippen LogP contribution in [0.3, 0.4) is 0 Å². The highest BCUT2D eigenvalue weighted by molar-refractivity contribution is 6.17. The predicted molar refractivity (Wildman–Crippen MR) is 451 cm³/mol. The maximum atomic E-state index is 2.44. The van der Waals surface area contributed by atoms with Crippen LogP contribution in [0.15, 0.2) is 394 Å². The minimum Gasteiger partial charge on any atom is -0.309 e. The molecular weight excluding hydrogens is 1300 g/mol. The Kier molecular flexibility index (Phi) is 13.6. The Morgan fingerprint density at radius 1 is 0.103 bits per heavy atom. The highest BCUT2D eigenvalue weighted by Gasteiger charge is 2.22. The molecule has 0 bridgehead atoms. The van der Waals surface area contributed by atoms with Crippen LogP contribution in [0.25, 0.3) is 204 Å². The zero-order chi connectivity index (χ0) is 70.2. The fourth-order valence-electron chi connectivity index (χ4n) is 17.4. The summed E-state index contributed by atoms with van der Waals surface area (Å²) in [5.74, 6) is 0. The summed E-state index contributed by atoms with van der Waals surface area (Å²) in [6.07, 6.45) is 0. The van der Waals surface area contributed by atoms with Crippen LogP contribution in [0.1, 0.15) is 0 Å². The van der Waals surface area contributed by atoms with Crippen molar-refractivity contribution in [2.24, 2.45) is 0 Å². The maximum Gasteiger partial charge on any atom is 0.0547 e. The van der Waals surface area contributed by atoms with Crippen molar-refractivity contribution in [1.29, 1.82) is 0 Å². The summed E-state index contributed by atoms with van der Waals surface area (Å²) in [5.41, 5.74) is 31.8. The zero-order valence-corrected chi connectivity index (χ0v) is 58.3. The number of hydrogen-bond donors (Lipinski definition) is 0. The Labute approximate surface area is 617 Å². The molecule has 5 aromatic heterocycles. The highest BCUT2D eigenvalue weighted by atomic mass is 15.0. The van der Waals surface area contributed by atoms with E-state index in [4.69, 9.17) is 0 Å². The second-order valence-electron chi connectivity index (χ2n) is 28.4. The number of fused-ring (bicyclic) bond motifs is 15. The van der Waals surface area contributed by atoms with E-state index in [1.807, 2.05) is 0 Å². The molecule has 22 aromatic rings. The Balaban J connectivity index is 0.576. The summed E-state index contributed by atoms with van der Waals surface area (Å²) in [4.78, 5) is 0. The molecule has 5 heterocycles. The average molecular weight is 1360 g/mol. The highest BCUT2D eigenvalue weighted by Crippen LogP contribution is 2.45. The van der Waals surface area contributed by atoms with Crippen LogP contribution in [-0.4, -0.2) is 22.8 Å². The second kappa shape index (κ2) is 24.2. The molecule has 22 rings (SSSR count). The third kappa shape index (κ3) is 9.72. The van der Waals surface area contributed by atoms with E-state index in [9.17, 15) is 0 Å². The van der Waals surface area contributed by atoms with Gasteiger partial charge in [-0.3, -0.25) is 0 Å². The normalized spacial score (nSPS) is 11.9. The lowest BCUT2D eigenvalue weighted by atomic mass is 9.98. The van der Waals surface area contributed by atoms with Crippen LogP contribution in [0.4, 0.5) is 0 Å². The third-order valence-electron chi connectivity index (χ3n) is 22.5. The predicted octanol–water partition coefficient (Wildman–Crippen LogP) is 27.2. The van der Waals surface area contributed by atoms with Crippen molar-refractivity contribution in [2.45, 2.75) is 0 Å². The number of rotatable bonds is 11. The second-order valence-corrected chi connectivity index (χ2v) is 28.4. The van der Waals surface area contributed by atoms with Gasteiger partial charge in [0, 0.05) is 82.3 Å². The molecule has 0 amide bonds. The molecule has 0 radical (unpaired) electrons. The van der Waals surface area contributed by atoms with Crippen LogP contribution in [0, 0.1) is 0 Å². The van der Waals surface area contributed by atoms with E-state index in [1.54, 1.807) is 0 Å². The molecule has 0 atom stereocenters. The van der Waals surface area contributed by atoms with Gasteiger partial charge in [0.15, 0.2) is 0 Å². The van der Waals surface area contributed by atoms with Gasteiger partial charge >= 0.3 is 0 Å². The quantitative estimate of drug-likeness (QED) is 0.123. The van der Waals surface area contributed by atoms with Gasteiger partial charge in [0.2, 0.25) is 0 Å². The van der Waals surface area contributed by atoms with Gasteiger partial charge < -0.3 is 22.8 Å². The van der Waals surface area contributed by atoms with E-state index in [1.165, 1.54) is 176 Å². The van der Waals surface area contributed by atoms with Crippen molar-refractivity contribution < 1.29 is 0 Å². The molecule has 0 N–H and O–H groups in total. The molecule has 5 heteroatoms. The first kappa shape index (κ1) is 60.3. The topological polar surface area (TPSA) is 24.6 Å². The summed E-state index contributed by atoms with van der Waals surface area (Å²) < 4.78 is 12.1. The number of nitrogens with zero attached hydrogens (tertiary/aromatic N) is 5. The lowest BCUT2D eigenvalue weighted by Crippen LogP contribution is -1.94. The van der Waals surface area contributed by atoms with Gasteiger partial charge in [-0.25, -0.2) is 0 Å². The average Bonchev–Trinajstić information content (AvgIpc) is 1.60. The molecular formula is C102H65N5. The van der Waals surface area contributed by atoms with Gasteiger partial charge in [-0.15, -0.1) is 0 Å². The van der Waals surface area contributed by atoms with Gasteiger partial charge in [-0.05, 0) is 224 Å². The molecule has 0 aliphatic heterocycles. The lowest BCUT2D eigenvalue weighted by Gasteiger charge is -2.11. The standard InChI is InChI=1S/C102H65N5/c1-5-19-66(20-6-1)68-37-48-81(49-38-68)105-94-31-17-14-28-84(94)88-59-71(43-54-97(88)105)72-44-55-98-89(60-72)85-29-15-18-32-95(85)106(98)82-50-39-69(40-51-82)67-33-35-70(36-34-67)77-41-52-86-90-62-74(45-56-99(90)107(102(86)65-77)80-25-11-4-12-26-80)76-47-58-101-92(64-76)91-63-75(46-57-100(91)104(101)79-23-9-3-10-24-79)73-42-53-96-87(61-73)83-27-13-16-30-93(83)103(96)78-21-7-2-8-22-78/h1-65H. The van der Waals surface area contributed by atoms with Gasteiger partial charge in [-0.1, -0.05) is 237 Å². The molecule has 107 heavy (non-hydrogen) atoms. The molecule has 0 aliphatic rings. The summed E-state index contributed by atoms with van der Waals surface area (Å²) in [6.45, 7) is 0. The summed E-state index contributed by atoms with van der Waals surface area (Å²) in [5, 5.41) is 12.3. The Hall–Kier alpha value is -14.3. The van der Waals surface area contributed by atoms with Crippen molar-refractivity contribution in [3.05, 3.63) is 394 Å². The Bertz CT molecular complexity index is 7300. The number of para-hydroxylation sites is 6. The van der Waals surface area contributed by atoms with Crippen molar-refractivity contribution in [3.63, 3.8) is 0 Å². The van der Waals surface area contributed by atoms with E-state index in [2.05, 4.69) is 417 Å². The van der Waals surface area contributed by atoms with Gasteiger partial charge in [-0.2, -0.15) is 0 Å². The van der Waals surface area contributed by atoms with E-state index >= 15 is 0 Å². The van der Waals surface area contributed by atoms with Gasteiger partial charge in [0.05, 0.1) is 55.2 Å². The molecule has 498 valence electrons. The summed E-state index contributed by atoms with van der Waals surface area (Å²) in [7, 11) is 0.